The van der Waals surface area contributed by atoms with Gasteiger partial charge in [-0.1, -0.05) is 29.4 Å². The van der Waals surface area contributed by atoms with Gasteiger partial charge in [-0.05, 0) is 5.56 Å². The van der Waals surface area contributed by atoms with Crippen molar-refractivity contribution < 1.29 is 14.2 Å². The smallest absolute Gasteiger partial charge is 0.227 e. The molecule has 3 N–H and O–H groups in total. The highest BCUT2D eigenvalue weighted by Gasteiger charge is 2.19. The van der Waals surface area contributed by atoms with Crippen LogP contribution < -0.4 is 5.73 Å². The lowest BCUT2D eigenvalue weighted by Crippen LogP contribution is -2.42. The van der Waals surface area contributed by atoms with Gasteiger partial charge in [-0.25, -0.2) is 0 Å². The van der Waals surface area contributed by atoms with Crippen LogP contribution in [0.25, 0.3) is 0 Å². The lowest BCUT2D eigenvalue weighted by molar-refractivity contribution is -0.130. The monoisotopic (exact) mass is 295 g/mol. The van der Waals surface area contributed by atoms with Crippen molar-refractivity contribution in [2.75, 3.05) is 24.6 Å². The molecule has 0 radical (unpaired) electrons. The highest BCUT2D eigenvalue weighted by molar-refractivity contribution is 7.85. The molecule has 1 fully saturated rings. The van der Waals surface area contributed by atoms with Crippen molar-refractivity contribution in [2.24, 2.45) is 10.9 Å². The van der Waals surface area contributed by atoms with E-state index in [0.717, 1.165) is 5.56 Å². The zero-order valence-electron chi connectivity index (χ0n) is 11.0. The lowest BCUT2D eigenvalue weighted by atomic mass is 10.1. The highest BCUT2D eigenvalue weighted by Crippen LogP contribution is 2.08. The molecule has 1 saturated heterocycles. The largest absolute Gasteiger partial charge is 0.409 e. The van der Waals surface area contributed by atoms with Crippen molar-refractivity contribution >= 4 is 22.5 Å². The van der Waals surface area contributed by atoms with Crippen LogP contribution in [0.2, 0.25) is 0 Å². The Hall–Kier alpha value is -1.89. The average molecular weight is 295 g/mol. The predicted octanol–water partition coefficient (Wildman–Crippen LogP) is -0.0855. The van der Waals surface area contributed by atoms with Crippen molar-refractivity contribution in [3.05, 3.63) is 35.4 Å². The Bertz CT molecular complexity index is 532. The van der Waals surface area contributed by atoms with Crippen molar-refractivity contribution in [1.82, 2.24) is 4.90 Å². The van der Waals surface area contributed by atoms with E-state index in [-0.39, 0.29) is 11.7 Å². The van der Waals surface area contributed by atoms with Crippen LogP contribution in [0.1, 0.15) is 11.1 Å². The van der Waals surface area contributed by atoms with E-state index in [2.05, 4.69) is 5.16 Å². The molecule has 1 amide bonds. The van der Waals surface area contributed by atoms with Crippen LogP contribution >= 0.6 is 0 Å². The molecular weight excluding hydrogens is 278 g/mol. The molecule has 0 atom stereocenters. The molecule has 20 heavy (non-hydrogen) atoms. The second-order valence-corrected chi connectivity index (χ2v) is 6.28. The number of carbonyl (C=O) groups is 1. The second kappa shape index (κ2) is 6.51. The molecule has 1 aliphatic heterocycles. The first-order valence-corrected chi connectivity index (χ1v) is 7.78. The summed E-state index contributed by atoms with van der Waals surface area (Å²) in [5, 5.41) is 11.5. The Morgan fingerprint density at radius 3 is 2.45 bits per heavy atom. The molecule has 7 heteroatoms. The third-order valence-electron chi connectivity index (χ3n) is 3.24. The Kier molecular flexibility index (Phi) is 4.73. The van der Waals surface area contributed by atoms with Gasteiger partial charge in [0.05, 0.1) is 6.42 Å². The number of nitrogens with two attached hydrogens (primary N) is 1. The van der Waals surface area contributed by atoms with E-state index in [1.165, 1.54) is 0 Å². The summed E-state index contributed by atoms with van der Waals surface area (Å²) in [5.41, 5.74) is 6.95. The second-order valence-electron chi connectivity index (χ2n) is 4.59. The molecule has 0 aromatic heterocycles. The fraction of sp³-hybridized carbons (Fsp3) is 0.385. The minimum atomic E-state index is -0.778. The molecule has 0 unspecified atom stereocenters. The first-order valence-electron chi connectivity index (χ1n) is 6.29. The highest BCUT2D eigenvalue weighted by atomic mass is 32.2. The van der Waals surface area contributed by atoms with E-state index in [0.29, 0.717) is 36.6 Å². The molecule has 0 aliphatic carbocycles. The van der Waals surface area contributed by atoms with Crippen LogP contribution in [-0.2, 0) is 22.0 Å². The first-order chi connectivity index (χ1) is 9.60. The van der Waals surface area contributed by atoms with E-state index < -0.39 is 10.8 Å². The van der Waals surface area contributed by atoms with E-state index in [4.69, 9.17) is 10.9 Å². The zero-order valence-corrected chi connectivity index (χ0v) is 11.8. The SMILES string of the molecule is NC(=NO)c1ccc(CC(=O)N2CCS(=O)CC2)cc1. The lowest BCUT2D eigenvalue weighted by Gasteiger charge is -2.26. The van der Waals surface area contributed by atoms with E-state index in [1.807, 2.05) is 0 Å². The fourth-order valence-electron chi connectivity index (χ4n) is 2.02. The molecule has 108 valence electrons. The fourth-order valence-corrected chi connectivity index (χ4v) is 3.08. The van der Waals surface area contributed by atoms with Gasteiger partial charge in [0.15, 0.2) is 5.84 Å². The van der Waals surface area contributed by atoms with E-state index in [1.54, 1.807) is 29.2 Å². The topological polar surface area (TPSA) is 96.0 Å². The van der Waals surface area contributed by atoms with Crippen LogP contribution in [0, 0.1) is 0 Å². The molecule has 0 spiro atoms. The Balaban J connectivity index is 1.96. The number of hydrogen-bond acceptors (Lipinski definition) is 4. The summed E-state index contributed by atoms with van der Waals surface area (Å²) in [6.45, 7) is 1.13. The summed E-state index contributed by atoms with van der Waals surface area (Å²) < 4.78 is 11.2. The van der Waals surface area contributed by atoms with Crippen LogP contribution in [0.4, 0.5) is 0 Å². The standard InChI is InChI=1S/C13H17N3O3S/c14-13(15-18)11-3-1-10(2-4-11)9-12(17)16-5-7-20(19)8-6-16/h1-4,18H,5-9H2,(H2,14,15). The van der Waals surface area contributed by atoms with Gasteiger partial charge in [-0.2, -0.15) is 0 Å². The number of nitrogens with zero attached hydrogens (tertiary/aromatic N) is 2. The number of amidine groups is 1. The molecule has 1 aliphatic rings. The van der Waals surface area contributed by atoms with E-state index in [9.17, 15) is 9.00 Å². The normalized spacial score (nSPS) is 17.2. The van der Waals surface area contributed by atoms with Gasteiger partial charge >= 0.3 is 0 Å². The van der Waals surface area contributed by atoms with Crippen LogP contribution in [0.5, 0.6) is 0 Å². The summed E-state index contributed by atoms with van der Waals surface area (Å²) >= 11 is 0. The number of amides is 1. The third-order valence-corrected chi connectivity index (χ3v) is 4.52. The first kappa shape index (κ1) is 14.5. The summed E-state index contributed by atoms with van der Waals surface area (Å²) in [6.07, 6.45) is 0.309. The molecule has 1 aromatic rings. The van der Waals surface area contributed by atoms with Crippen molar-refractivity contribution in [3.8, 4) is 0 Å². The van der Waals surface area contributed by atoms with Crippen molar-refractivity contribution in [1.29, 1.82) is 0 Å². The number of carbonyl (C=O) groups excluding carboxylic acids is 1. The number of oxime groups is 1. The maximum absolute atomic E-state index is 12.1. The maximum atomic E-state index is 12.1. The third kappa shape index (κ3) is 3.57. The van der Waals surface area contributed by atoms with Crippen LogP contribution in [0.3, 0.4) is 0 Å². The zero-order chi connectivity index (χ0) is 14.5. The summed E-state index contributed by atoms with van der Waals surface area (Å²) in [5.74, 6) is 1.21. The van der Waals surface area contributed by atoms with Gasteiger partial charge in [-0.15, -0.1) is 0 Å². The molecule has 1 aromatic carbocycles. The predicted molar refractivity (Wildman–Crippen MR) is 77.1 cm³/mol. The molecule has 6 nitrogen and oxygen atoms in total. The van der Waals surface area contributed by atoms with Gasteiger partial charge in [0.25, 0.3) is 0 Å². The van der Waals surface area contributed by atoms with Crippen LogP contribution in [-0.4, -0.2) is 50.7 Å². The Morgan fingerprint density at radius 2 is 1.90 bits per heavy atom. The van der Waals surface area contributed by atoms with Gasteiger partial charge in [0.1, 0.15) is 0 Å². The minimum Gasteiger partial charge on any atom is -0.409 e. The Labute approximate surface area is 119 Å². The number of hydrogen-bond donors (Lipinski definition) is 2. The maximum Gasteiger partial charge on any atom is 0.227 e. The number of benzene rings is 1. The average Bonchev–Trinajstić information content (AvgIpc) is 2.48. The van der Waals surface area contributed by atoms with Crippen LogP contribution in [0.15, 0.2) is 29.4 Å². The summed E-state index contributed by atoms with van der Waals surface area (Å²) in [7, 11) is -0.778. The molecule has 0 saturated carbocycles. The summed E-state index contributed by atoms with van der Waals surface area (Å²) in [6, 6.07) is 6.99. The van der Waals surface area contributed by atoms with E-state index >= 15 is 0 Å². The van der Waals surface area contributed by atoms with Gasteiger partial charge in [0, 0.05) is 41.0 Å². The molecule has 0 bridgehead atoms. The van der Waals surface area contributed by atoms with Gasteiger partial charge < -0.3 is 15.8 Å². The molecule has 2 rings (SSSR count). The summed E-state index contributed by atoms with van der Waals surface area (Å²) in [4.78, 5) is 13.8. The van der Waals surface area contributed by atoms with Crippen molar-refractivity contribution in [2.45, 2.75) is 6.42 Å². The quantitative estimate of drug-likeness (QED) is 0.353. The number of rotatable bonds is 3. The van der Waals surface area contributed by atoms with Crippen molar-refractivity contribution in [3.63, 3.8) is 0 Å². The Morgan fingerprint density at radius 1 is 1.30 bits per heavy atom. The van der Waals surface area contributed by atoms with Gasteiger partial charge in [0.2, 0.25) is 5.91 Å². The minimum absolute atomic E-state index is 0.0400. The molecular formula is C13H17N3O3S. The van der Waals surface area contributed by atoms with Gasteiger partial charge in [-0.3, -0.25) is 9.00 Å². The molecule has 1 heterocycles.